The van der Waals surface area contributed by atoms with Crippen LogP contribution in [0.25, 0.3) is 0 Å². The SMILES string of the molecule is CCNC(=O)c1ccc(NC2CC(=O)N(C)C2=O)nn1. The smallest absolute Gasteiger partial charge is 0.271 e. The molecule has 1 atom stereocenters. The molecule has 1 fully saturated rings. The average molecular weight is 277 g/mol. The van der Waals surface area contributed by atoms with E-state index in [1.54, 1.807) is 13.0 Å². The fraction of sp³-hybridized carbons (Fsp3) is 0.417. The maximum absolute atomic E-state index is 11.7. The van der Waals surface area contributed by atoms with E-state index in [9.17, 15) is 14.4 Å². The highest BCUT2D eigenvalue weighted by molar-refractivity contribution is 6.06. The number of nitrogens with one attached hydrogen (secondary N) is 2. The van der Waals surface area contributed by atoms with Gasteiger partial charge < -0.3 is 10.6 Å². The Morgan fingerprint density at radius 3 is 2.65 bits per heavy atom. The Labute approximate surface area is 115 Å². The fourth-order valence-electron chi connectivity index (χ4n) is 1.83. The highest BCUT2D eigenvalue weighted by Gasteiger charge is 2.36. The van der Waals surface area contributed by atoms with Gasteiger partial charge in [0.05, 0.1) is 6.42 Å². The molecule has 0 bridgehead atoms. The topological polar surface area (TPSA) is 104 Å². The minimum absolute atomic E-state index is 0.0923. The molecule has 1 aliphatic heterocycles. The third kappa shape index (κ3) is 2.73. The number of anilines is 1. The summed E-state index contributed by atoms with van der Waals surface area (Å²) in [6, 6.07) is 2.43. The second-order valence-corrected chi connectivity index (χ2v) is 4.36. The van der Waals surface area contributed by atoms with Crippen molar-refractivity contribution in [3.63, 3.8) is 0 Å². The van der Waals surface area contributed by atoms with Gasteiger partial charge in [-0.2, -0.15) is 0 Å². The van der Waals surface area contributed by atoms with Crippen molar-refractivity contribution in [2.24, 2.45) is 0 Å². The maximum Gasteiger partial charge on any atom is 0.271 e. The van der Waals surface area contributed by atoms with Crippen LogP contribution >= 0.6 is 0 Å². The predicted molar refractivity (Wildman–Crippen MR) is 69.8 cm³/mol. The van der Waals surface area contributed by atoms with E-state index in [1.807, 2.05) is 0 Å². The summed E-state index contributed by atoms with van der Waals surface area (Å²) in [4.78, 5) is 35.7. The van der Waals surface area contributed by atoms with Gasteiger partial charge >= 0.3 is 0 Å². The van der Waals surface area contributed by atoms with Gasteiger partial charge in [-0.15, -0.1) is 10.2 Å². The third-order valence-electron chi connectivity index (χ3n) is 2.94. The lowest BCUT2D eigenvalue weighted by Crippen LogP contribution is -2.32. The van der Waals surface area contributed by atoms with Gasteiger partial charge in [0.25, 0.3) is 11.8 Å². The highest BCUT2D eigenvalue weighted by Crippen LogP contribution is 2.15. The zero-order valence-electron chi connectivity index (χ0n) is 11.2. The first-order valence-electron chi connectivity index (χ1n) is 6.21. The van der Waals surface area contributed by atoms with Crippen molar-refractivity contribution in [1.29, 1.82) is 0 Å². The number of hydrogen-bond acceptors (Lipinski definition) is 6. The number of carbonyl (C=O) groups is 3. The summed E-state index contributed by atoms with van der Waals surface area (Å²) in [6.07, 6.45) is 0.0923. The minimum atomic E-state index is -0.628. The number of hydrogen-bond donors (Lipinski definition) is 2. The van der Waals surface area contributed by atoms with E-state index < -0.39 is 6.04 Å². The number of carbonyl (C=O) groups excluding carboxylic acids is 3. The molecule has 0 aromatic carbocycles. The number of nitrogens with zero attached hydrogens (tertiary/aromatic N) is 3. The van der Waals surface area contributed by atoms with E-state index in [0.29, 0.717) is 12.4 Å². The molecule has 1 aromatic rings. The van der Waals surface area contributed by atoms with Crippen LogP contribution in [0.2, 0.25) is 0 Å². The van der Waals surface area contributed by atoms with Crippen LogP contribution in [0.15, 0.2) is 12.1 Å². The molecular weight excluding hydrogens is 262 g/mol. The molecule has 8 nitrogen and oxygen atoms in total. The molecule has 1 saturated heterocycles. The Hall–Kier alpha value is -2.51. The van der Waals surface area contributed by atoms with Crippen molar-refractivity contribution in [3.8, 4) is 0 Å². The number of imide groups is 1. The molecule has 0 aliphatic carbocycles. The molecule has 0 radical (unpaired) electrons. The number of likely N-dealkylation sites (N-methyl/N-ethyl adjacent to an activating group) is 1. The lowest BCUT2D eigenvalue weighted by molar-refractivity contribution is -0.136. The van der Waals surface area contributed by atoms with Crippen LogP contribution in [0.5, 0.6) is 0 Å². The highest BCUT2D eigenvalue weighted by atomic mass is 16.2. The van der Waals surface area contributed by atoms with Crippen molar-refractivity contribution in [3.05, 3.63) is 17.8 Å². The molecule has 8 heteroatoms. The van der Waals surface area contributed by atoms with E-state index in [2.05, 4.69) is 20.8 Å². The lowest BCUT2D eigenvalue weighted by atomic mass is 10.2. The zero-order chi connectivity index (χ0) is 14.7. The zero-order valence-corrected chi connectivity index (χ0v) is 11.2. The number of rotatable bonds is 4. The van der Waals surface area contributed by atoms with Gasteiger partial charge in [-0.25, -0.2) is 0 Å². The van der Waals surface area contributed by atoms with E-state index in [4.69, 9.17) is 0 Å². The van der Waals surface area contributed by atoms with E-state index in [1.165, 1.54) is 13.1 Å². The Kier molecular flexibility index (Phi) is 3.92. The summed E-state index contributed by atoms with van der Waals surface area (Å²) in [5.74, 6) is -0.498. The van der Waals surface area contributed by atoms with Crippen molar-refractivity contribution in [1.82, 2.24) is 20.4 Å². The molecule has 20 heavy (non-hydrogen) atoms. The Bertz CT molecular complexity index is 543. The molecule has 106 valence electrons. The molecule has 1 aliphatic rings. The summed E-state index contributed by atoms with van der Waals surface area (Å²) in [7, 11) is 1.44. The van der Waals surface area contributed by atoms with Gasteiger partial charge in [0.15, 0.2) is 5.69 Å². The minimum Gasteiger partial charge on any atom is -0.356 e. The van der Waals surface area contributed by atoms with Crippen molar-refractivity contribution >= 4 is 23.5 Å². The van der Waals surface area contributed by atoms with Crippen LogP contribution in [-0.4, -0.2) is 52.5 Å². The first-order valence-corrected chi connectivity index (χ1v) is 6.21. The Morgan fingerprint density at radius 2 is 2.15 bits per heavy atom. The van der Waals surface area contributed by atoms with Crippen LogP contribution in [0, 0.1) is 0 Å². The molecule has 1 aromatic heterocycles. The molecular formula is C12H15N5O3. The second kappa shape index (κ2) is 5.64. The van der Waals surface area contributed by atoms with Crippen LogP contribution < -0.4 is 10.6 Å². The standard InChI is InChI=1S/C12H15N5O3/c1-3-13-11(19)7-4-5-9(16-15-7)14-8-6-10(18)17(2)12(8)20/h4-5,8H,3,6H2,1-2H3,(H,13,19)(H,14,16). The van der Waals surface area contributed by atoms with Crippen LogP contribution in [0.1, 0.15) is 23.8 Å². The average Bonchev–Trinajstić information content (AvgIpc) is 2.67. The van der Waals surface area contributed by atoms with Gasteiger partial charge in [-0.1, -0.05) is 0 Å². The maximum atomic E-state index is 11.7. The molecule has 0 spiro atoms. The Balaban J connectivity index is 2.03. The first-order chi connectivity index (χ1) is 9.52. The molecule has 2 rings (SSSR count). The number of amides is 3. The summed E-state index contributed by atoms with van der Waals surface area (Å²) >= 11 is 0. The van der Waals surface area contributed by atoms with Gasteiger partial charge in [-0.05, 0) is 19.1 Å². The van der Waals surface area contributed by atoms with Gasteiger partial charge in [0.2, 0.25) is 5.91 Å². The Morgan fingerprint density at radius 1 is 1.40 bits per heavy atom. The predicted octanol–water partition coefficient (Wildman–Crippen LogP) is -0.604. The first kappa shape index (κ1) is 13.9. The molecule has 1 unspecified atom stereocenters. The van der Waals surface area contributed by atoms with Gasteiger partial charge in [-0.3, -0.25) is 19.3 Å². The summed E-state index contributed by atoms with van der Waals surface area (Å²) in [5.41, 5.74) is 0.198. The van der Waals surface area contributed by atoms with Crippen LogP contribution in [0.3, 0.4) is 0 Å². The third-order valence-corrected chi connectivity index (χ3v) is 2.94. The van der Waals surface area contributed by atoms with Crippen molar-refractivity contribution < 1.29 is 14.4 Å². The summed E-state index contributed by atoms with van der Waals surface area (Å²) < 4.78 is 0. The molecule has 2 N–H and O–H groups in total. The monoisotopic (exact) mass is 277 g/mol. The van der Waals surface area contributed by atoms with Crippen molar-refractivity contribution in [2.45, 2.75) is 19.4 Å². The molecule has 2 heterocycles. The lowest BCUT2D eigenvalue weighted by Gasteiger charge is -2.11. The van der Waals surface area contributed by atoms with Crippen LogP contribution in [-0.2, 0) is 9.59 Å². The largest absolute Gasteiger partial charge is 0.356 e. The van der Waals surface area contributed by atoms with Crippen molar-refractivity contribution in [2.75, 3.05) is 18.9 Å². The second-order valence-electron chi connectivity index (χ2n) is 4.36. The van der Waals surface area contributed by atoms with Crippen LogP contribution in [0.4, 0.5) is 5.82 Å². The normalized spacial score (nSPS) is 18.3. The van der Waals surface area contributed by atoms with E-state index >= 15 is 0 Å². The molecule has 3 amide bonds. The summed E-state index contributed by atoms with van der Waals surface area (Å²) in [5, 5.41) is 13.0. The van der Waals surface area contributed by atoms with Gasteiger partial charge in [0.1, 0.15) is 11.9 Å². The van der Waals surface area contributed by atoms with E-state index in [-0.39, 0.29) is 29.8 Å². The number of aromatic nitrogens is 2. The quantitative estimate of drug-likeness (QED) is 0.712. The number of likely N-dealkylation sites (tertiary alicyclic amines) is 1. The molecule has 0 saturated carbocycles. The summed E-state index contributed by atoms with van der Waals surface area (Å²) in [6.45, 7) is 2.31. The van der Waals surface area contributed by atoms with E-state index in [0.717, 1.165) is 4.90 Å². The fourth-order valence-corrected chi connectivity index (χ4v) is 1.83. The van der Waals surface area contributed by atoms with Gasteiger partial charge in [0, 0.05) is 13.6 Å².